The van der Waals surface area contributed by atoms with Crippen LogP contribution in [0, 0.1) is 0 Å². The van der Waals surface area contributed by atoms with E-state index < -0.39 is 54.4 Å². The summed E-state index contributed by atoms with van der Waals surface area (Å²) >= 11 is 0. The highest BCUT2D eigenvalue weighted by Crippen LogP contribution is 2.36. The fourth-order valence-corrected chi connectivity index (χ4v) is 6.26. The minimum atomic E-state index is -4.41. The van der Waals surface area contributed by atoms with Gasteiger partial charge in [-0.25, -0.2) is 16.8 Å². The molecule has 4 aromatic rings. The molecule has 0 aliphatic heterocycles. The summed E-state index contributed by atoms with van der Waals surface area (Å²) in [7, 11) is -8.49. The molecule has 0 atom stereocenters. The van der Waals surface area contributed by atoms with Crippen LogP contribution in [0.2, 0.25) is 0 Å². The molecule has 0 radical (unpaired) electrons. The zero-order chi connectivity index (χ0) is 27.8. The Morgan fingerprint density at radius 2 is 0.947 bits per heavy atom. The lowest BCUT2D eigenvalue weighted by molar-refractivity contribution is 0.402. The van der Waals surface area contributed by atoms with Crippen molar-refractivity contribution in [2.24, 2.45) is 0 Å². The first-order chi connectivity index (χ1) is 17.8. The normalized spacial score (nSPS) is 11.8. The number of hydrogen-bond acceptors (Lipinski definition) is 10. The van der Waals surface area contributed by atoms with Crippen LogP contribution in [0.3, 0.4) is 0 Å². The van der Waals surface area contributed by atoms with Gasteiger partial charge in [0.1, 0.15) is 0 Å². The maximum absolute atomic E-state index is 13.5. The topological polar surface area (TPSA) is 193 Å². The highest BCUT2D eigenvalue weighted by Gasteiger charge is 2.27. The van der Waals surface area contributed by atoms with Crippen molar-refractivity contribution >= 4 is 25.5 Å². The van der Waals surface area contributed by atoms with Crippen LogP contribution in [0.15, 0.2) is 93.5 Å². The smallest absolute Gasteiger partial charge is 0.264 e. The van der Waals surface area contributed by atoms with Crippen LogP contribution >= 0.6 is 0 Å². The van der Waals surface area contributed by atoms with Crippen LogP contribution in [-0.2, 0) is 26.4 Å². The fraction of sp³-hybridized carbons (Fsp3) is 0.0400. The van der Waals surface area contributed by atoms with Gasteiger partial charge in [-0.05, 0) is 54.1 Å². The molecule has 13 heteroatoms. The Bertz CT molecular complexity index is 1730. The summed E-state index contributed by atoms with van der Waals surface area (Å²) in [4.78, 5) is -0.811. The summed E-state index contributed by atoms with van der Waals surface area (Å²) in [5.74, 6) is -3.37. The van der Waals surface area contributed by atoms with Crippen molar-refractivity contribution in [3.05, 3.63) is 84.4 Å². The van der Waals surface area contributed by atoms with Gasteiger partial charge < -0.3 is 30.6 Å². The van der Waals surface area contributed by atoms with Gasteiger partial charge in [-0.3, -0.25) is 4.31 Å². The third-order valence-electron chi connectivity index (χ3n) is 5.60. The number of sulfone groups is 1. The lowest BCUT2D eigenvalue weighted by Crippen LogP contribution is -2.30. The summed E-state index contributed by atoms with van der Waals surface area (Å²) in [6.07, 6.45) is 0. The standard InChI is InChI=1S/C25H21NO10S2/c27-20-8-3-16(11-23(20)30)26(38(35,36)19-7-10-22(29)25(32)13-19)14-15-1-4-17(5-2-15)37(33,34)18-6-9-21(28)24(31)12-18/h1-13,27-32H,14H2. The van der Waals surface area contributed by atoms with Crippen molar-refractivity contribution < 1.29 is 47.5 Å². The number of rotatable bonds is 7. The molecule has 0 heterocycles. The minimum Gasteiger partial charge on any atom is -0.504 e. The first-order valence-electron chi connectivity index (χ1n) is 10.7. The van der Waals surface area contributed by atoms with E-state index in [1.54, 1.807) is 0 Å². The number of benzene rings is 4. The van der Waals surface area contributed by atoms with Gasteiger partial charge in [-0.15, -0.1) is 0 Å². The van der Waals surface area contributed by atoms with Gasteiger partial charge in [-0.2, -0.15) is 0 Å². The van der Waals surface area contributed by atoms with E-state index in [-0.39, 0.29) is 26.9 Å². The van der Waals surface area contributed by atoms with E-state index in [2.05, 4.69) is 0 Å². The predicted molar refractivity (Wildman–Crippen MR) is 135 cm³/mol. The van der Waals surface area contributed by atoms with Gasteiger partial charge in [-0.1, -0.05) is 12.1 Å². The molecule has 0 unspecified atom stereocenters. The average Bonchev–Trinajstić information content (AvgIpc) is 2.87. The second kappa shape index (κ2) is 9.68. The molecular formula is C25H21NO10S2. The molecule has 0 saturated heterocycles. The number of anilines is 1. The van der Waals surface area contributed by atoms with E-state index in [1.807, 2.05) is 0 Å². The van der Waals surface area contributed by atoms with E-state index in [0.717, 1.165) is 52.8 Å². The van der Waals surface area contributed by atoms with Crippen LogP contribution in [0.25, 0.3) is 0 Å². The largest absolute Gasteiger partial charge is 0.504 e. The number of phenols is 6. The molecular weight excluding hydrogens is 538 g/mol. The number of hydrogen-bond donors (Lipinski definition) is 6. The highest BCUT2D eigenvalue weighted by atomic mass is 32.2. The lowest BCUT2D eigenvalue weighted by atomic mass is 10.2. The molecule has 0 aromatic heterocycles. The molecule has 4 aromatic carbocycles. The number of sulfonamides is 1. The van der Waals surface area contributed by atoms with Gasteiger partial charge >= 0.3 is 0 Å². The van der Waals surface area contributed by atoms with Crippen molar-refractivity contribution in [1.82, 2.24) is 0 Å². The predicted octanol–water partition coefficient (Wildman–Crippen LogP) is 3.15. The maximum atomic E-state index is 13.5. The minimum absolute atomic E-state index is 0.0517. The van der Waals surface area contributed by atoms with E-state index in [1.165, 1.54) is 30.3 Å². The van der Waals surface area contributed by atoms with Gasteiger partial charge in [0.15, 0.2) is 34.5 Å². The van der Waals surface area contributed by atoms with Gasteiger partial charge in [0, 0.05) is 18.2 Å². The lowest BCUT2D eigenvalue weighted by Gasteiger charge is -2.25. The molecule has 198 valence electrons. The van der Waals surface area contributed by atoms with E-state index in [9.17, 15) is 47.5 Å². The molecule has 4 rings (SSSR count). The second-order valence-corrected chi connectivity index (χ2v) is 11.9. The Balaban J connectivity index is 1.73. The molecule has 6 N–H and O–H groups in total. The molecule has 0 spiro atoms. The fourth-order valence-electron chi connectivity index (χ4n) is 3.52. The summed E-state index contributed by atoms with van der Waals surface area (Å²) < 4.78 is 53.8. The molecule has 11 nitrogen and oxygen atoms in total. The van der Waals surface area contributed by atoms with Crippen LogP contribution in [-0.4, -0.2) is 47.5 Å². The van der Waals surface area contributed by atoms with Crippen molar-refractivity contribution in [2.45, 2.75) is 21.2 Å². The van der Waals surface area contributed by atoms with Crippen LogP contribution < -0.4 is 4.31 Å². The summed E-state index contributed by atoms with van der Waals surface area (Å²) in [6.45, 7) is -0.353. The van der Waals surface area contributed by atoms with E-state index in [4.69, 9.17) is 0 Å². The Morgan fingerprint density at radius 1 is 0.500 bits per heavy atom. The van der Waals surface area contributed by atoms with Gasteiger partial charge in [0.05, 0.1) is 26.9 Å². The zero-order valence-electron chi connectivity index (χ0n) is 19.3. The van der Waals surface area contributed by atoms with Crippen molar-refractivity contribution in [1.29, 1.82) is 0 Å². The third kappa shape index (κ3) is 4.96. The summed E-state index contributed by atoms with van der Waals surface area (Å²) in [5.41, 5.74) is 0.278. The Morgan fingerprint density at radius 3 is 1.47 bits per heavy atom. The molecule has 0 aliphatic rings. The first-order valence-corrected chi connectivity index (χ1v) is 13.7. The van der Waals surface area contributed by atoms with Gasteiger partial charge in [0.2, 0.25) is 9.84 Å². The second-order valence-electron chi connectivity index (χ2n) is 8.13. The molecule has 0 aliphatic carbocycles. The van der Waals surface area contributed by atoms with Crippen LogP contribution in [0.4, 0.5) is 5.69 Å². The SMILES string of the molecule is O=S(=O)(c1ccc(CN(c2ccc(O)c(O)c2)S(=O)(=O)c2ccc(O)c(O)c2)cc1)c1ccc(O)c(O)c1. The quantitative estimate of drug-likeness (QED) is 0.183. The summed E-state index contributed by atoms with van der Waals surface area (Å²) in [5, 5.41) is 58.1. The molecule has 0 amide bonds. The Kier molecular flexibility index (Phi) is 6.74. The molecule has 38 heavy (non-hydrogen) atoms. The third-order valence-corrected chi connectivity index (χ3v) is 9.14. The maximum Gasteiger partial charge on any atom is 0.264 e. The first kappa shape index (κ1) is 26.4. The zero-order valence-corrected chi connectivity index (χ0v) is 20.9. The number of phenolic OH excluding ortho intramolecular Hbond substituents is 6. The summed E-state index contributed by atoms with van der Waals surface area (Å²) in [6, 6.07) is 14.5. The average molecular weight is 560 g/mol. The van der Waals surface area contributed by atoms with E-state index in [0.29, 0.717) is 5.56 Å². The highest BCUT2D eigenvalue weighted by molar-refractivity contribution is 7.92. The van der Waals surface area contributed by atoms with Crippen molar-refractivity contribution in [3.8, 4) is 34.5 Å². The van der Waals surface area contributed by atoms with Crippen LogP contribution in [0.1, 0.15) is 5.56 Å². The van der Waals surface area contributed by atoms with Crippen molar-refractivity contribution in [3.63, 3.8) is 0 Å². The van der Waals surface area contributed by atoms with Crippen molar-refractivity contribution in [2.75, 3.05) is 4.31 Å². The molecule has 0 fully saturated rings. The van der Waals surface area contributed by atoms with Gasteiger partial charge in [0.25, 0.3) is 10.0 Å². The molecule has 0 saturated carbocycles. The Labute approximate surface area is 217 Å². The molecule has 0 bridgehead atoms. The number of nitrogens with zero attached hydrogens (tertiary/aromatic N) is 1. The Hall–Kier alpha value is -4.62. The number of aromatic hydroxyl groups is 6. The van der Waals surface area contributed by atoms with E-state index >= 15 is 0 Å². The monoisotopic (exact) mass is 559 g/mol. The van der Waals surface area contributed by atoms with Crippen LogP contribution in [0.5, 0.6) is 34.5 Å².